The monoisotopic (exact) mass is 186 g/mol. The van der Waals surface area contributed by atoms with Gasteiger partial charge in [0.2, 0.25) is 0 Å². The number of carboxylic acids is 1. The van der Waals surface area contributed by atoms with Gasteiger partial charge in [0.15, 0.2) is 0 Å². The second-order valence-corrected chi connectivity index (χ2v) is 3.45. The fraction of sp³-hybridized carbons (Fsp3) is 0.889. The Morgan fingerprint density at radius 3 is 2.62 bits per heavy atom. The summed E-state index contributed by atoms with van der Waals surface area (Å²) in [5, 5.41) is 10.6. The third-order valence-electron chi connectivity index (χ3n) is 2.26. The molecule has 1 fully saturated rings. The molecule has 0 aliphatic carbocycles. The summed E-state index contributed by atoms with van der Waals surface area (Å²) in [7, 11) is 0. The standard InChI is InChI=1S/C9H18N2O2/c12-9(13)5-4-6-10-11-7-2-1-3-8-11/h10H,1-8H2,(H,12,13). The van der Waals surface area contributed by atoms with E-state index >= 15 is 0 Å². The minimum atomic E-state index is -0.708. The Bertz CT molecular complexity index is 156. The fourth-order valence-electron chi connectivity index (χ4n) is 1.53. The van der Waals surface area contributed by atoms with Gasteiger partial charge in [-0.3, -0.25) is 10.2 Å². The molecule has 4 heteroatoms. The van der Waals surface area contributed by atoms with E-state index in [1.54, 1.807) is 0 Å². The zero-order valence-electron chi connectivity index (χ0n) is 7.96. The van der Waals surface area contributed by atoms with Gasteiger partial charge >= 0.3 is 5.97 Å². The third kappa shape index (κ3) is 4.85. The lowest BCUT2D eigenvalue weighted by molar-refractivity contribution is -0.137. The van der Waals surface area contributed by atoms with Crippen LogP contribution in [0.4, 0.5) is 0 Å². The minimum absolute atomic E-state index is 0.265. The lowest BCUT2D eigenvalue weighted by atomic mass is 10.2. The molecule has 1 saturated heterocycles. The van der Waals surface area contributed by atoms with Gasteiger partial charge in [0, 0.05) is 26.1 Å². The zero-order valence-corrected chi connectivity index (χ0v) is 7.96. The Balaban J connectivity index is 1.95. The van der Waals surface area contributed by atoms with Gasteiger partial charge < -0.3 is 5.11 Å². The van der Waals surface area contributed by atoms with Crippen molar-refractivity contribution >= 4 is 5.97 Å². The summed E-state index contributed by atoms with van der Waals surface area (Å²) in [5.74, 6) is -0.708. The van der Waals surface area contributed by atoms with E-state index in [9.17, 15) is 4.79 Å². The van der Waals surface area contributed by atoms with Crippen molar-refractivity contribution in [1.29, 1.82) is 0 Å². The molecule has 1 rings (SSSR count). The molecule has 4 nitrogen and oxygen atoms in total. The molecule has 0 amide bonds. The highest BCUT2D eigenvalue weighted by molar-refractivity contribution is 5.66. The van der Waals surface area contributed by atoms with Crippen molar-refractivity contribution in [3.05, 3.63) is 0 Å². The first-order chi connectivity index (χ1) is 6.29. The molecule has 0 aromatic carbocycles. The smallest absolute Gasteiger partial charge is 0.303 e. The number of hydrogen-bond acceptors (Lipinski definition) is 3. The number of carboxylic acid groups (broad SMARTS) is 1. The maximum atomic E-state index is 10.2. The Morgan fingerprint density at radius 2 is 2.00 bits per heavy atom. The molecule has 0 aromatic rings. The number of aliphatic carboxylic acids is 1. The molecular formula is C9H18N2O2. The van der Waals surface area contributed by atoms with Crippen LogP contribution in [-0.2, 0) is 4.79 Å². The lowest BCUT2D eigenvalue weighted by Crippen LogP contribution is -2.42. The summed E-state index contributed by atoms with van der Waals surface area (Å²) in [6, 6.07) is 0. The van der Waals surface area contributed by atoms with E-state index in [0.717, 1.165) is 19.6 Å². The summed E-state index contributed by atoms with van der Waals surface area (Å²) < 4.78 is 0. The average Bonchev–Trinajstić information content (AvgIpc) is 2.14. The van der Waals surface area contributed by atoms with Gasteiger partial charge in [0.25, 0.3) is 0 Å². The molecular weight excluding hydrogens is 168 g/mol. The highest BCUT2D eigenvalue weighted by Crippen LogP contribution is 2.05. The predicted molar refractivity (Wildman–Crippen MR) is 50.3 cm³/mol. The lowest BCUT2D eigenvalue weighted by Gasteiger charge is -2.26. The van der Waals surface area contributed by atoms with Crippen LogP contribution in [0.1, 0.15) is 32.1 Å². The molecule has 1 aliphatic rings. The van der Waals surface area contributed by atoms with Gasteiger partial charge in [-0.15, -0.1) is 0 Å². The molecule has 1 aliphatic heterocycles. The van der Waals surface area contributed by atoms with Crippen molar-refractivity contribution in [2.45, 2.75) is 32.1 Å². The van der Waals surface area contributed by atoms with Gasteiger partial charge in [-0.1, -0.05) is 6.42 Å². The van der Waals surface area contributed by atoms with E-state index in [-0.39, 0.29) is 6.42 Å². The zero-order chi connectivity index (χ0) is 9.52. The van der Waals surface area contributed by atoms with E-state index < -0.39 is 5.97 Å². The average molecular weight is 186 g/mol. The molecule has 0 unspecified atom stereocenters. The number of rotatable bonds is 5. The first-order valence-corrected chi connectivity index (χ1v) is 4.99. The van der Waals surface area contributed by atoms with Crippen molar-refractivity contribution in [2.75, 3.05) is 19.6 Å². The van der Waals surface area contributed by atoms with Crippen LogP contribution in [0.2, 0.25) is 0 Å². The van der Waals surface area contributed by atoms with Gasteiger partial charge in [-0.05, 0) is 19.3 Å². The summed E-state index contributed by atoms with van der Waals surface area (Å²) in [5.41, 5.74) is 3.25. The first kappa shape index (κ1) is 10.5. The Morgan fingerprint density at radius 1 is 1.31 bits per heavy atom. The van der Waals surface area contributed by atoms with Gasteiger partial charge in [0.1, 0.15) is 0 Å². The van der Waals surface area contributed by atoms with E-state index in [0.29, 0.717) is 6.42 Å². The molecule has 13 heavy (non-hydrogen) atoms. The maximum absolute atomic E-state index is 10.2. The Kier molecular flexibility index (Phi) is 4.78. The van der Waals surface area contributed by atoms with E-state index in [2.05, 4.69) is 10.4 Å². The molecule has 2 N–H and O–H groups in total. The van der Waals surface area contributed by atoms with E-state index in [1.165, 1.54) is 19.3 Å². The summed E-state index contributed by atoms with van der Waals surface area (Å²) >= 11 is 0. The summed E-state index contributed by atoms with van der Waals surface area (Å²) in [6.45, 7) is 2.99. The van der Waals surface area contributed by atoms with Crippen LogP contribution >= 0.6 is 0 Å². The van der Waals surface area contributed by atoms with Crippen molar-refractivity contribution in [3.8, 4) is 0 Å². The number of hydrazine groups is 1. The first-order valence-electron chi connectivity index (χ1n) is 4.99. The number of nitrogens with zero attached hydrogens (tertiary/aromatic N) is 1. The molecule has 0 spiro atoms. The number of nitrogens with one attached hydrogen (secondary N) is 1. The second kappa shape index (κ2) is 5.94. The third-order valence-corrected chi connectivity index (χ3v) is 2.26. The van der Waals surface area contributed by atoms with E-state index in [4.69, 9.17) is 5.11 Å². The normalized spacial score (nSPS) is 18.8. The Labute approximate surface area is 78.9 Å². The van der Waals surface area contributed by atoms with Crippen LogP contribution in [0, 0.1) is 0 Å². The Hall–Kier alpha value is -0.610. The van der Waals surface area contributed by atoms with Crippen LogP contribution < -0.4 is 5.43 Å². The van der Waals surface area contributed by atoms with Crippen LogP contribution in [-0.4, -0.2) is 35.7 Å². The molecule has 0 bridgehead atoms. The molecule has 0 saturated carbocycles. The quantitative estimate of drug-likeness (QED) is 0.625. The number of piperidine rings is 1. The van der Waals surface area contributed by atoms with Crippen molar-refractivity contribution < 1.29 is 9.90 Å². The predicted octanol–water partition coefficient (Wildman–Crippen LogP) is 0.842. The van der Waals surface area contributed by atoms with Gasteiger partial charge in [0.05, 0.1) is 0 Å². The second-order valence-electron chi connectivity index (χ2n) is 3.45. The molecule has 0 aromatic heterocycles. The largest absolute Gasteiger partial charge is 0.481 e. The van der Waals surface area contributed by atoms with Crippen LogP contribution in [0.5, 0.6) is 0 Å². The molecule has 0 atom stereocenters. The van der Waals surface area contributed by atoms with Gasteiger partial charge in [-0.2, -0.15) is 0 Å². The molecule has 0 radical (unpaired) electrons. The van der Waals surface area contributed by atoms with E-state index in [1.807, 2.05) is 0 Å². The maximum Gasteiger partial charge on any atom is 0.303 e. The van der Waals surface area contributed by atoms with Crippen molar-refractivity contribution in [1.82, 2.24) is 10.4 Å². The molecule has 76 valence electrons. The summed E-state index contributed by atoms with van der Waals surface area (Å²) in [4.78, 5) is 10.2. The van der Waals surface area contributed by atoms with Crippen LogP contribution in [0.3, 0.4) is 0 Å². The fourth-order valence-corrected chi connectivity index (χ4v) is 1.53. The highest BCUT2D eigenvalue weighted by atomic mass is 16.4. The minimum Gasteiger partial charge on any atom is -0.481 e. The van der Waals surface area contributed by atoms with Crippen LogP contribution in [0.15, 0.2) is 0 Å². The van der Waals surface area contributed by atoms with Crippen LogP contribution in [0.25, 0.3) is 0 Å². The number of hydrogen-bond donors (Lipinski definition) is 2. The van der Waals surface area contributed by atoms with Crippen molar-refractivity contribution in [3.63, 3.8) is 0 Å². The highest BCUT2D eigenvalue weighted by Gasteiger charge is 2.08. The number of carbonyl (C=O) groups is 1. The summed E-state index contributed by atoms with van der Waals surface area (Å²) in [6.07, 6.45) is 4.82. The van der Waals surface area contributed by atoms with Crippen molar-refractivity contribution in [2.24, 2.45) is 0 Å². The topological polar surface area (TPSA) is 52.6 Å². The SMILES string of the molecule is O=C(O)CCCNN1CCCCC1. The molecule has 1 heterocycles. The van der Waals surface area contributed by atoms with Gasteiger partial charge in [-0.25, -0.2) is 5.01 Å².